The van der Waals surface area contributed by atoms with Gasteiger partial charge in [-0.05, 0) is 12.5 Å². The van der Waals surface area contributed by atoms with Crippen LogP contribution in [0.1, 0.15) is 6.42 Å². The van der Waals surface area contributed by atoms with Crippen molar-refractivity contribution in [3.05, 3.63) is 0 Å². The SMILES string of the molecule is C[Si](C)(C)C[C@H](CN)CC(=O)O. The van der Waals surface area contributed by atoms with Crippen LogP contribution in [0.2, 0.25) is 25.7 Å². The first-order valence-corrected chi connectivity index (χ1v) is 7.97. The molecule has 0 heterocycles. The molecule has 0 aromatic rings. The van der Waals surface area contributed by atoms with Crippen molar-refractivity contribution in [3.8, 4) is 0 Å². The summed E-state index contributed by atoms with van der Waals surface area (Å²) in [5, 5.41) is 8.57. The fourth-order valence-electron chi connectivity index (χ4n) is 1.35. The Kier molecular flexibility index (Phi) is 4.48. The molecular formula is C8H19NO2Si. The van der Waals surface area contributed by atoms with Crippen LogP contribution in [0.15, 0.2) is 0 Å². The number of rotatable bonds is 5. The Morgan fingerprint density at radius 3 is 2.25 bits per heavy atom. The van der Waals surface area contributed by atoms with Crippen molar-refractivity contribution < 1.29 is 9.90 Å². The van der Waals surface area contributed by atoms with Gasteiger partial charge < -0.3 is 10.8 Å². The van der Waals surface area contributed by atoms with E-state index < -0.39 is 14.0 Å². The first kappa shape index (κ1) is 11.6. The van der Waals surface area contributed by atoms with Gasteiger partial charge in [-0.1, -0.05) is 25.7 Å². The van der Waals surface area contributed by atoms with Gasteiger partial charge in [0, 0.05) is 14.5 Å². The molecule has 3 N–H and O–H groups in total. The molecule has 0 fully saturated rings. The second-order valence-corrected chi connectivity index (χ2v) is 9.99. The van der Waals surface area contributed by atoms with Crippen LogP contribution in [0.3, 0.4) is 0 Å². The summed E-state index contributed by atoms with van der Waals surface area (Å²) in [4.78, 5) is 10.4. The van der Waals surface area contributed by atoms with Gasteiger partial charge in [0.1, 0.15) is 0 Å². The lowest BCUT2D eigenvalue weighted by Gasteiger charge is -2.21. The van der Waals surface area contributed by atoms with E-state index in [9.17, 15) is 4.79 Å². The largest absolute Gasteiger partial charge is 0.481 e. The Balaban J connectivity index is 3.92. The van der Waals surface area contributed by atoms with Crippen molar-refractivity contribution in [1.82, 2.24) is 0 Å². The molecule has 12 heavy (non-hydrogen) atoms. The summed E-state index contributed by atoms with van der Waals surface area (Å²) in [6, 6.07) is 1.01. The van der Waals surface area contributed by atoms with Gasteiger partial charge in [-0.25, -0.2) is 0 Å². The molecule has 0 aromatic carbocycles. The smallest absolute Gasteiger partial charge is 0.303 e. The highest BCUT2D eigenvalue weighted by Gasteiger charge is 2.21. The van der Waals surface area contributed by atoms with Gasteiger partial charge in [0.05, 0.1) is 0 Å². The average molecular weight is 189 g/mol. The Morgan fingerprint density at radius 2 is 2.00 bits per heavy atom. The molecule has 4 heteroatoms. The van der Waals surface area contributed by atoms with Gasteiger partial charge in [0.25, 0.3) is 0 Å². The van der Waals surface area contributed by atoms with E-state index in [4.69, 9.17) is 10.8 Å². The Labute approximate surface area is 75.0 Å². The first-order chi connectivity index (χ1) is 5.35. The van der Waals surface area contributed by atoms with Crippen LogP contribution in [0, 0.1) is 5.92 Å². The summed E-state index contributed by atoms with van der Waals surface area (Å²) in [5.74, 6) is -0.558. The summed E-state index contributed by atoms with van der Waals surface area (Å²) >= 11 is 0. The molecule has 1 atom stereocenters. The normalized spacial score (nSPS) is 14.3. The highest BCUT2D eigenvalue weighted by molar-refractivity contribution is 6.76. The number of hydrogen-bond acceptors (Lipinski definition) is 2. The fraction of sp³-hybridized carbons (Fsp3) is 0.875. The van der Waals surface area contributed by atoms with Crippen molar-refractivity contribution in [2.75, 3.05) is 6.54 Å². The molecule has 72 valence electrons. The Hall–Kier alpha value is -0.353. The van der Waals surface area contributed by atoms with E-state index in [1.54, 1.807) is 0 Å². The summed E-state index contributed by atoms with van der Waals surface area (Å²) < 4.78 is 0. The zero-order valence-electron chi connectivity index (χ0n) is 8.13. The molecule has 0 bridgehead atoms. The number of carbonyl (C=O) groups is 1. The lowest BCUT2D eigenvalue weighted by atomic mass is 10.1. The minimum Gasteiger partial charge on any atom is -0.481 e. The molecule has 0 amide bonds. The second kappa shape index (κ2) is 4.62. The van der Waals surface area contributed by atoms with Crippen LogP contribution < -0.4 is 5.73 Å². The predicted octanol–water partition coefficient (Wildman–Crippen LogP) is 1.37. The molecule has 0 aliphatic heterocycles. The van der Waals surface area contributed by atoms with Gasteiger partial charge in [0.15, 0.2) is 0 Å². The summed E-state index contributed by atoms with van der Waals surface area (Å²) in [7, 11) is -1.15. The summed E-state index contributed by atoms with van der Waals surface area (Å²) in [6.45, 7) is 7.20. The van der Waals surface area contributed by atoms with Crippen LogP contribution in [-0.2, 0) is 4.79 Å². The molecule has 0 aliphatic rings. The van der Waals surface area contributed by atoms with Gasteiger partial charge in [0.2, 0.25) is 0 Å². The molecule has 0 unspecified atom stereocenters. The summed E-state index contributed by atoms with van der Waals surface area (Å²) in [5.41, 5.74) is 5.49. The molecule has 0 aliphatic carbocycles. The quantitative estimate of drug-likeness (QED) is 0.642. The van der Waals surface area contributed by atoms with Gasteiger partial charge in [-0.15, -0.1) is 0 Å². The van der Waals surface area contributed by atoms with Crippen molar-refractivity contribution in [2.45, 2.75) is 32.1 Å². The average Bonchev–Trinajstić information content (AvgIpc) is 1.82. The predicted molar refractivity (Wildman–Crippen MR) is 53.0 cm³/mol. The first-order valence-electron chi connectivity index (χ1n) is 4.27. The highest BCUT2D eigenvalue weighted by atomic mass is 28.3. The molecule has 0 spiro atoms. The highest BCUT2D eigenvalue weighted by Crippen LogP contribution is 2.18. The van der Waals surface area contributed by atoms with E-state index in [0.717, 1.165) is 6.04 Å². The van der Waals surface area contributed by atoms with Gasteiger partial charge in [-0.3, -0.25) is 4.79 Å². The molecule has 0 saturated heterocycles. The van der Waals surface area contributed by atoms with E-state index in [1.807, 2.05) is 0 Å². The maximum Gasteiger partial charge on any atom is 0.303 e. The third-order valence-corrected chi connectivity index (χ3v) is 3.50. The standard InChI is InChI=1S/C8H19NO2Si/c1-12(2,3)6-7(5-9)4-8(10)11/h7H,4-6,9H2,1-3H3,(H,10,11)/t7-/m0/s1. The molecular weight excluding hydrogens is 170 g/mol. The lowest BCUT2D eigenvalue weighted by Crippen LogP contribution is -2.29. The minimum atomic E-state index is -1.15. The third-order valence-electron chi connectivity index (χ3n) is 1.70. The minimum absolute atomic E-state index is 0.175. The lowest BCUT2D eigenvalue weighted by molar-refractivity contribution is -0.137. The number of carboxylic acid groups (broad SMARTS) is 1. The Morgan fingerprint density at radius 1 is 1.50 bits per heavy atom. The van der Waals surface area contributed by atoms with Gasteiger partial charge in [-0.2, -0.15) is 0 Å². The number of hydrogen-bond donors (Lipinski definition) is 2. The van der Waals surface area contributed by atoms with E-state index in [1.165, 1.54) is 0 Å². The van der Waals surface area contributed by atoms with Crippen LogP contribution in [0.25, 0.3) is 0 Å². The van der Waals surface area contributed by atoms with Gasteiger partial charge >= 0.3 is 5.97 Å². The van der Waals surface area contributed by atoms with Crippen molar-refractivity contribution in [3.63, 3.8) is 0 Å². The van der Waals surface area contributed by atoms with E-state index in [0.29, 0.717) is 6.54 Å². The topological polar surface area (TPSA) is 63.3 Å². The maximum atomic E-state index is 10.4. The third kappa shape index (κ3) is 6.36. The maximum absolute atomic E-state index is 10.4. The van der Waals surface area contributed by atoms with Crippen molar-refractivity contribution in [2.24, 2.45) is 11.7 Å². The zero-order valence-corrected chi connectivity index (χ0v) is 9.13. The number of aliphatic carboxylic acids is 1. The zero-order chi connectivity index (χ0) is 9.78. The second-order valence-electron chi connectivity index (χ2n) is 4.46. The number of nitrogens with two attached hydrogens (primary N) is 1. The van der Waals surface area contributed by atoms with Crippen LogP contribution >= 0.6 is 0 Å². The monoisotopic (exact) mass is 189 g/mol. The van der Waals surface area contributed by atoms with E-state index in [-0.39, 0.29) is 12.3 Å². The van der Waals surface area contributed by atoms with E-state index >= 15 is 0 Å². The molecule has 3 nitrogen and oxygen atoms in total. The molecule has 0 aromatic heterocycles. The molecule has 0 rings (SSSR count). The Bertz CT molecular complexity index is 154. The van der Waals surface area contributed by atoms with Crippen LogP contribution in [0.5, 0.6) is 0 Å². The van der Waals surface area contributed by atoms with Crippen LogP contribution in [0.4, 0.5) is 0 Å². The number of carboxylic acids is 1. The fourth-order valence-corrected chi connectivity index (χ4v) is 3.39. The molecule has 0 saturated carbocycles. The van der Waals surface area contributed by atoms with Crippen LogP contribution in [-0.4, -0.2) is 25.7 Å². The summed E-state index contributed by atoms with van der Waals surface area (Å²) in [6.07, 6.45) is 0.223. The van der Waals surface area contributed by atoms with E-state index in [2.05, 4.69) is 19.6 Å². The molecule has 0 radical (unpaired) electrons. The van der Waals surface area contributed by atoms with Crippen molar-refractivity contribution >= 4 is 14.0 Å². The van der Waals surface area contributed by atoms with Crippen molar-refractivity contribution in [1.29, 1.82) is 0 Å².